The molecule has 7 atom stereocenters. The molecule has 12 N–H and O–H groups in total. The van der Waals surface area contributed by atoms with Crippen LogP contribution in [0.4, 0.5) is 0 Å². The monoisotopic (exact) mass is 656 g/mol. The van der Waals surface area contributed by atoms with Gasteiger partial charge in [0.2, 0.25) is 29.5 Å². The summed E-state index contributed by atoms with van der Waals surface area (Å²) in [6, 6.07) is -7.12. The number of carboxylic acid groups (broad SMARTS) is 2. The molecule has 1 aromatic heterocycles. The fraction of sp³-hybridized carbons (Fsp3) is 0.630. The molecule has 1 rings (SSSR count). The van der Waals surface area contributed by atoms with Gasteiger partial charge in [-0.15, -0.1) is 0 Å². The van der Waals surface area contributed by atoms with Gasteiger partial charge < -0.3 is 57.7 Å². The summed E-state index contributed by atoms with van der Waals surface area (Å²) in [5, 5.41) is 49.5. The number of amides is 5. The molecular weight excluding hydrogens is 612 g/mol. The van der Waals surface area contributed by atoms with Crippen LogP contribution in [0.25, 0.3) is 0 Å². The maximum absolute atomic E-state index is 13.3. The number of carbonyl (C=O) groups is 7. The zero-order valence-corrected chi connectivity index (χ0v) is 25.8. The van der Waals surface area contributed by atoms with E-state index in [1.807, 2.05) is 6.92 Å². The van der Waals surface area contributed by atoms with E-state index in [9.17, 15) is 43.8 Å². The van der Waals surface area contributed by atoms with Crippen molar-refractivity contribution in [3.63, 3.8) is 0 Å². The first-order valence-electron chi connectivity index (χ1n) is 14.6. The highest BCUT2D eigenvalue weighted by Gasteiger charge is 2.34. The minimum absolute atomic E-state index is 0.0483. The highest BCUT2D eigenvalue weighted by atomic mass is 16.4. The number of carboxylic acids is 2. The van der Waals surface area contributed by atoms with E-state index in [1.165, 1.54) is 26.4 Å². The molecule has 0 aliphatic rings. The lowest BCUT2D eigenvalue weighted by atomic mass is 10.0. The number of carbonyl (C=O) groups excluding carboxylic acids is 5. The average Bonchev–Trinajstić information content (AvgIpc) is 3.50. The van der Waals surface area contributed by atoms with E-state index >= 15 is 0 Å². The number of aromatic nitrogens is 2. The number of aliphatic hydroxyl groups excluding tert-OH is 2. The summed E-state index contributed by atoms with van der Waals surface area (Å²) in [6.07, 6.45) is -0.0309. The molecule has 19 heteroatoms. The molecule has 0 fully saturated rings. The van der Waals surface area contributed by atoms with Gasteiger partial charge >= 0.3 is 11.9 Å². The summed E-state index contributed by atoms with van der Waals surface area (Å²) in [5.41, 5.74) is 6.10. The summed E-state index contributed by atoms with van der Waals surface area (Å²) in [7, 11) is 0. The van der Waals surface area contributed by atoms with Crippen molar-refractivity contribution in [2.24, 2.45) is 5.73 Å². The number of aromatic amines is 1. The average molecular weight is 657 g/mol. The Morgan fingerprint density at radius 2 is 1.39 bits per heavy atom. The molecule has 19 nitrogen and oxygen atoms in total. The van der Waals surface area contributed by atoms with E-state index < -0.39 is 96.9 Å². The number of aliphatic carboxylic acids is 2. The van der Waals surface area contributed by atoms with E-state index in [-0.39, 0.29) is 19.3 Å². The van der Waals surface area contributed by atoms with Crippen LogP contribution in [0.3, 0.4) is 0 Å². The first kappa shape index (κ1) is 39.4. The maximum atomic E-state index is 13.3. The second kappa shape index (κ2) is 19.7. The molecule has 0 aliphatic heterocycles. The van der Waals surface area contributed by atoms with Crippen LogP contribution in [0.2, 0.25) is 0 Å². The van der Waals surface area contributed by atoms with E-state index in [0.717, 1.165) is 0 Å². The van der Waals surface area contributed by atoms with Crippen LogP contribution in [0.15, 0.2) is 12.5 Å². The Labute approximate surface area is 264 Å². The number of aliphatic hydroxyl groups is 2. The van der Waals surface area contributed by atoms with Gasteiger partial charge in [0, 0.05) is 24.7 Å². The number of unbranched alkanes of at least 4 members (excludes halogenated alkanes) is 1. The Morgan fingerprint density at radius 3 is 1.91 bits per heavy atom. The molecule has 46 heavy (non-hydrogen) atoms. The lowest BCUT2D eigenvalue weighted by Crippen LogP contribution is -2.61. The molecule has 0 unspecified atom stereocenters. The highest BCUT2D eigenvalue weighted by molar-refractivity contribution is 5.96. The topological polar surface area (TPSA) is 315 Å². The molecule has 0 saturated carbocycles. The number of H-pyrrole nitrogens is 1. The normalized spacial score (nSPS) is 15.5. The Kier molecular flexibility index (Phi) is 16.9. The standard InChI is InChI=1S/C27H44N8O11/c1-4-5-6-16(24(43)32-17(7-8-19(38)39)23(42)30-11-20(40)41)33-27(46)22(14(3)37)35-25(44)18(9-15-10-29-12-31-15)34-26(45)21(28)13(2)36/h10,12-14,16-18,21-22,36-37H,4-9,11,28H2,1-3H3,(H,29,31)(H,30,42)(H,32,43)(H,33,46)(H,34,45)(H,35,44)(H,38,39)(H,40,41)/t13-,14-,16+,17+,18+,21+,22+/m1/s1. The van der Waals surface area contributed by atoms with Crippen LogP contribution in [0.1, 0.15) is 58.6 Å². The first-order valence-corrected chi connectivity index (χ1v) is 14.6. The highest BCUT2D eigenvalue weighted by Crippen LogP contribution is 2.07. The van der Waals surface area contributed by atoms with E-state index in [4.69, 9.17) is 15.9 Å². The van der Waals surface area contributed by atoms with Crippen molar-refractivity contribution >= 4 is 41.5 Å². The third-order valence-electron chi connectivity index (χ3n) is 6.67. The maximum Gasteiger partial charge on any atom is 0.322 e. The van der Waals surface area contributed by atoms with Gasteiger partial charge in [-0.3, -0.25) is 33.6 Å². The van der Waals surface area contributed by atoms with Crippen LogP contribution in [0.5, 0.6) is 0 Å². The second-order valence-electron chi connectivity index (χ2n) is 10.6. The third kappa shape index (κ3) is 14.0. The molecule has 0 saturated heterocycles. The van der Waals surface area contributed by atoms with E-state index in [1.54, 1.807) is 0 Å². The molecule has 5 amide bonds. The van der Waals surface area contributed by atoms with Crippen molar-refractivity contribution < 1.29 is 54.0 Å². The Morgan fingerprint density at radius 1 is 0.804 bits per heavy atom. The van der Waals surface area contributed by atoms with Gasteiger partial charge in [-0.2, -0.15) is 0 Å². The minimum Gasteiger partial charge on any atom is -0.481 e. The Hall–Kier alpha value is -4.62. The van der Waals surface area contributed by atoms with Crippen molar-refractivity contribution in [1.82, 2.24) is 36.6 Å². The van der Waals surface area contributed by atoms with Gasteiger partial charge in [0.05, 0.1) is 18.5 Å². The SMILES string of the molecule is CCCC[C@H](NC(=O)[C@@H](NC(=O)[C@H](Cc1cnc[nH]1)NC(=O)[C@@H](N)[C@@H](C)O)[C@@H](C)O)C(=O)N[C@@H](CCC(=O)O)C(=O)NCC(=O)O. The molecule has 1 aromatic rings. The van der Waals surface area contributed by atoms with E-state index in [2.05, 4.69) is 36.6 Å². The number of nitrogens with zero attached hydrogens (tertiary/aromatic N) is 1. The lowest BCUT2D eigenvalue weighted by Gasteiger charge is -2.28. The fourth-order valence-electron chi connectivity index (χ4n) is 4.01. The summed E-state index contributed by atoms with van der Waals surface area (Å²) in [4.78, 5) is 93.4. The van der Waals surface area contributed by atoms with Crippen LogP contribution in [-0.2, 0) is 40.0 Å². The number of nitrogens with one attached hydrogen (secondary N) is 6. The fourth-order valence-corrected chi connectivity index (χ4v) is 4.01. The number of hydrogen-bond acceptors (Lipinski definition) is 11. The van der Waals surface area contributed by atoms with Crippen LogP contribution in [-0.4, -0.2) is 121 Å². The van der Waals surface area contributed by atoms with E-state index in [0.29, 0.717) is 18.5 Å². The quantitative estimate of drug-likeness (QED) is 0.0606. The van der Waals surface area contributed by atoms with Gasteiger partial charge in [-0.25, -0.2) is 4.98 Å². The number of nitrogens with two attached hydrogens (primary N) is 1. The van der Waals surface area contributed by atoms with Crippen LogP contribution >= 0.6 is 0 Å². The number of rotatable bonds is 21. The third-order valence-corrected chi connectivity index (χ3v) is 6.67. The summed E-state index contributed by atoms with van der Waals surface area (Å²) < 4.78 is 0. The smallest absolute Gasteiger partial charge is 0.322 e. The molecule has 0 aliphatic carbocycles. The molecule has 0 radical (unpaired) electrons. The zero-order chi connectivity index (χ0) is 35.0. The summed E-state index contributed by atoms with van der Waals surface area (Å²) in [5.74, 6) is -7.26. The second-order valence-corrected chi connectivity index (χ2v) is 10.6. The van der Waals surface area contributed by atoms with Crippen molar-refractivity contribution in [3.8, 4) is 0 Å². The van der Waals surface area contributed by atoms with Gasteiger partial charge in [0.1, 0.15) is 36.8 Å². The van der Waals surface area contributed by atoms with Gasteiger partial charge in [-0.05, 0) is 26.7 Å². The number of hydrogen-bond donors (Lipinski definition) is 11. The molecule has 0 aromatic carbocycles. The van der Waals surface area contributed by atoms with Crippen LogP contribution < -0.4 is 32.3 Å². The Balaban J connectivity index is 3.16. The largest absolute Gasteiger partial charge is 0.481 e. The van der Waals surface area contributed by atoms with Gasteiger partial charge in [-0.1, -0.05) is 19.8 Å². The molecule has 1 heterocycles. The summed E-state index contributed by atoms with van der Waals surface area (Å²) >= 11 is 0. The van der Waals surface area contributed by atoms with Gasteiger partial charge in [0.15, 0.2) is 0 Å². The van der Waals surface area contributed by atoms with Gasteiger partial charge in [0.25, 0.3) is 0 Å². The lowest BCUT2D eigenvalue weighted by molar-refractivity contribution is -0.140. The predicted octanol–water partition coefficient (Wildman–Crippen LogP) is -3.76. The molecule has 0 bridgehead atoms. The van der Waals surface area contributed by atoms with Crippen LogP contribution in [0, 0.1) is 0 Å². The summed E-state index contributed by atoms with van der Waals surface area (Å²) in [6.45, 7) is 3.51. The predicted molar refractivity (Wildman–Crippen MR) is 158 cm³/mol. The minimum atomic E-state index is -1.64. The zero-order valence-electron chi connectivity index (χ0n) is 25.8. The molecule has 0 spiro atoms. The van der Waals surface area contributed by atoms with Crippen molar-refractivity contribution in [3.05, 3.63) is 18.2 Å². The van der Waals surface area contributed by atoms with Crippen molar-refractivity contribution in [2.45, 2.75) is 102 Å². The Bertz CT molecular complexity index is 1190. The molecular formula is C27H44N8O11. The number of imidazole rings is 1. The van der Waals surface area contributed by atoms with Crippen molar-refractivity contribution in [2.75, 3.05) is 6.54 Å². The first-order chi connectivity index (χ1) is 21.6. The van der Waals surface area contributed by atoms with Crippen molar-refractivity contribution in [1.29, 1.82) is 0 Å². The molecule has 258 valence electrons.